The van der Waals surface area contributed by atoms with Crippen molar-refractivity contribution < 1.29 is 19.1 Å². The van der Waals surface area contributed by atoms with Crippen LogP contribution in [0.15, 0.2) is 66.2 Å². The van der Waals surface area contributed by atoms with Gasteiger partial charge in [-0.2, -0.15) is 0 Å². The normalized spacial score (nSPS) is 15.0. The summed E-state index contributed by atoms with van der Waals surface area (Å²) in [5, 5.41) is 3.22. The van der Waals surface area contributed by atoms with E-state index in [4.69, 9.17) is 27.9 Å². The highest BCUT2D eigenvalue weighted by Crippen LogP contribution is 2.33. The van der Waals surface area contributed by atoms with E-state index >= 15 is 0 Å². The molecule has 1 aliphatic heterocycles. The molecular formula is C26H20Cl2N2O4. The average Bonchev–Trinajstić information content (AvgIpc) is 2.79. The third kappa shape index (κ3) is 4.69. The molecule has 34 heavy (non-hydrogen) atoms. The van der Waals surface area contributed by atoms with Crippen LogP contribution in [0.2, 0.25) is 10.0 Å². The van der Waals surface area contributed by atoms with Crippen LogP contribution in [-0.4, -0.2) is 25.0 Å². The van der Waals surface area contributed by atoms with Crippen LogP contribution >= 0.6 is 23.2 Å². The predicted molar refractivity (Wildman–Crippen MR) is 132 cm³/mol. The molecule has 0 bridgehead atoms. The Morgan fingerprint density at radius 3 is 2.44 bits per heavy atom. The number of benzene rings is 3. The van der Waals surface area contributed by atoms with Gasteiger partial charge in [-0.05, 0) is 60.0 Å². The second-order valence-electron chi connectivity index (χ2n) is 7.75. The first kappa shape index (κ1) is 23.5. The van der Waals surface area contributed by atoms with Gasteiger partial charge in [0.25, 0.3) is 11.8 Å². The number of amides is 4. The summed E-state index contributed by atoms with van der Waals surface area (Å²) in [7, 11) is 1.51. The summed E-state index contributed by atoms with van der Waals surface area (Å²) < 4.78 is 5.54. The number of barbiturate groups is 1. The second-order valence-corrected chi connectivity index (χ2v) is 8.56. The van der Waals surface area contributed by atoms with Crippen molar-refractivity contribution in [2.75, 3.05) is 12.0 Å². The lowest BCUT2D eigenvalue weighted by atomic mass is 10.00. The molecule has 0 spiro atoms. The number of ether oxygens (including phenoxy) is 1. The van der Waals surface area contributed by atoms with Crippen LogP contribution < -0.4 is 15.0 Å². The molecule has 172 valence electrons. The number of halogens is 2. The van der Waals surface area contributed by atoms with E-state index in [1.54, 1.807) is 36.4 Å². The van der Waals surface area contributed by atoms with Crippen LogP contribution in [0, 0.1) is 6.92 Å². The van der Waals surface area contributed by atoms with Crippen LogP contribution in [0.25, 0.3) is 6.08 Å². The summed E-state index contributed by atoms with van der Waals surface area (Å²) in [5.41, 5.74) is 3.11. The van der Waals surface area contributed by atoms with E-state index in [2.05, 4.69) is 5.32 Å². The van der Waals surface area contributed by atoms with Gasteiger partial charge in [0.2, 0.25) is 0 Å². The van der Waals surface area contributed by atoms with Gasteiger partial charge in [0, 0.05) is 22.0 Å². The molecule has 8 heteroatoms. The van der Waals surface area contributed by atoms with Gasteiger partial charge < -0.3 is 4.74 Å². The summed E-state index contributed by atoms with van der Waals surface area (Å²) in [6, 6.07) is 16.8. The average molecular weight is 495 g/mol. The number of anilines is 1. The van der Waals surface area contributed by atoms with E-state index in [0.29, 0.717) is 33.5 Å². The Bertz CT molecular complexity index is 1350. The highest BCUT2D eigenvalue weighted by Gasteiger charge is 2.36. The number of nitrogens with zero attached hydrogens (tertiary/aromatic N) is 1. The van der Waals surface area contributed by atoms with Crippen molar-refractivity contribution in [3.63, 3.8) is 0 Å². The number of carbonyl (C=O) groups is 3. The molecule has 3 aromatic rings. The summed E-state index contributed by atoms with van der Waals surface area (Å²) in [6.07, 6.45) is 1.83. The first-order valence-corrected chi connectivity index (χ1v) is 11.1. The number of hydrogen-bond acceptors (Lipinski definition) is 4. The highest BCUT2D eigenvalue weighted by molar-refractivity contribution is 6.39. The molecule has 1 aliphatic rings. The van der Waals surface area contributed by atoms with Crippen molar-refractivity contribution in [1.29, 1.82) is 0 Å². The minimum absolute atomic E-state index is 0.196. The molecule has 1 heterocycles. The minimum Gasteiger partial charge on any atom is -0.496 e. The van der Waals surface area contributed by atoms with Crippen molar-refractivity contribution in [2.45, 2.75) is 13.3 Å². The Kier molecular flexibility index (Phi) is 6.72. The monoisotopic (exact) mass is 494 g/mol. The fourth-order valence-corrected chi connectivity index (χ4v) is 4.21. The summed E-state index contributed by atoms with van der Waals surface area (Å²) in [5.74, 6) is -1.03. The van der Waals surface area contributed by atoms with Crippen molar-refractivity contribution in [1.82, 2.24) is 5.32 Å². The zero-order valence-electron chi connectivity index (χ0n) is 18.4. The van der Waals surface area contributed by atoms with Gasteiger partial charge in [-0.3, -0.25) is 14.9 Å². The van der Waals surface area contributed by atoms with Gasteiger partial charge in [-0.15, -0.1) is 0 Å². The van der Waals surface area contributed by atoms with Gasteiger partial charge in [0.15, 0.2) is 0 Å². The first-order chi connectivity index (χ1) is 16.3. The van der Waals surface area contributed by atoms with E-state index in [0.717, 1.165) is 21.6 Å². The van der Waals surface area contributed by atoms with Gasteiger partial charge in [0.1, 0.15) is 11.3 Å². The number of nitrogens with one attached hydrogen (secondary N) is 1. The number of aryl methyl sites for hydroxylation is 1. The van der Waals surface area contributed by atoms with Crippen LogP contribution in [0.4, 0.5) is 10.5 Å². The zero-order chi connectivity index (χ0) is 24.4. The second kappa shape index (κ2) is 9.71. The fraction of sp³-hybridized carbons (Fsp3) is 0.115. The summed E-state index contributed by atoms with van der Waals surface area (Å²) in [6.45, 7) is 1.84. The first-order valence-electron chi connectivity index (χ1n) is 10.4. The standard InChI is InChI=1S/C26H20Cl2N2O4/c1-15-6-5-8-18(10-15)30-25(32)20(24(31)29-26(30)33)11-16-12-22(28)19(23(13-16)34-2)14-17-7-3-4-9-21(17)27/h3-13H,14H2,1-2H3,(H,29,31,33)/b20-11+. The van der Waals surface area contributed by atoms with Gasteiger partial charge in [-0.1, -0.05) is 53.5 Å². The lowest BCUT2D eigenvalue weighted by molar-refractivity contribution is -0.122. The molecule has 0 unspecified atom stereocenters. The molecule has 0 aromatic heterocycles. The van der Waals surface area contributed by atoms with Gasteiger partial charge in [0.05, 0.1) is 12.8 Å². The molecule has 0 saturated carbocycles. The summed E-state index contributed by atoms with van der Waals surface area (Å²) in [4.78, 5) is 39.0. The molecule has 3 aromatic carbocycles. The third-order valence-corrected chi connectivity index (χ3v) is 6.10. The number of imide groups is 2. The Labute approximate surface area is 206 Å². The summed E-state index contributed by atoms with van der Waals surface area (Å²) >= 11 is 12.9. The SMILES string of the molecule is COc1cc(/C=C2\C(=O)NC(=O)N(c3cccc(C)c3)C2=O)cc(Cl)c1Cc1ccccc1Cl. The lowest BCUT2D eigenvalue weighted by Gasteiger charge is -2.26. The Morgan fingerprint density at radius 1 is 0.971 bits per heavy atom. The molecule has 0 radical (unpaired) electrons. The zero-order valence-corrected chi connectivity index (χ0v) is 19.9. The van der Waals surface area contributed by atoms with E-state index in [9.17, 15) is 14.4 Å². The molecule has 1 N–H and O–H groups in total. The fourth-order valence-electron chi connectivity index (χ4n) is 3.73. The highest BCUT2D eigenvalue weighted by atomic mass is 35.5. The molecule has 4 rings (SSSR count). The maximum atomic E-state index is 13.1. The van der Waals surface area contributed by atoms with Crippen molar-refractivity contribution in [2.24, 2.45) is 0 Å². The maximum absolute atomic E-state index is 13.1. The van der Waals surface area contributed by atoms with Crippen LogP contribution in [-0.2, 0) is 16.0 Å². The number of rotatable bonds is 5. The molecule has 4 amide bonds. The maximum Gasteiger partial charge on any atom is 0.335 e. The smallest absolute Gasteiger partial charge is 0.335 e. The molecule has 1 saturated heterocycles. The molecule has 0 aliphatic carbocycles. The van der Waals surface area contributed by atoms with E-state index in [1.165, 1.54) is 13.2 Å². The van der Waals surface area contributed by atoms with E-state index in [-0.39, 0.29) is 5.57 Å². The molecule has 0 atom stereocenters. The van der Waals surface area contributed by atoms with Crippen LogP contribution in [0.1, 0.15) is 22.3 Å². The largest absolute Gasteiger partial charge is 0.496 e. The van der Waals surface area contributed by atoms with E-state index < -0.39 is 17.8 Å². The Morgan fingerprint density at radius 2 is 1.74 bits per heavy atom. The molecular weight excluding hydrogens is 475 g/mol. The Hall–Kier alpha value is -3.61. The number of urea groups is 1. The van der Waals surface area contributed by atoms with Crippen LogP contribution in [0.3, 0.4) is 0 Å². The molecule has 6 nitrogen and oxygen atoms in total. The number of hydrogen-bond donors (Lipinski definition) is 1. The van der Waals surface area contributed by atoms with Gasteiger partial charge in [-0.25, -0.2) is 9.69 Å². The van der Waals surface area contributed by atoms with E-state index in [1.807, 2.05) is 31.2 Å². The lowest BCUT2D eigenvalue weighted by Crippen LogP contribution is -2.54. The topological polar surface area (TPSA) is 75.7 Å². The molecule has 1 fully saturated rings. The predicted octanol–water partition coefficient (Wildman–Crippen LogP) is 5.57. The van der Waals surface area contributed by atoms with Crippen molar-refractivity contribution in [3.05, 3.63) is 98.5 Å². The third-order valence-electron chi connectivity index (χ3n) is 5.39. The Balaban J connectivity index is 1.72. The minimum atomic E-state index is -0.802. The van der Waals surface area contributed by atoms with Crippen molar-refractivity contribution in [3.8, 4) is 5.75 Å². The quantitative estimate of drug-likeness (QED) is 0.371. The van der Waals surface area contributed by atoms with Gasteiger partial charge >= 0.3 is 6.03 Å². The number of carbonyl (C=O) groups excluding carboxylic acids is 3. The van der Waals surface area contributed by atoms with Crippen molar-refractivity contribution >= 4 is 52.8 Å². The van der Waals surface area contributed by atoms with Crippen LogP contribution in [0.5, 0.6) is 5.75 Å². The number of methoxy groups -OCH3 is 1.